The molecule has 1 heterocycles. The van der Waals surface area contributed by atoms with Crippen LogP contribution >= 0.6 is 0 Å². The topological polar surface area (TPSA) is 49.4 Å². The molecule has 4 heteroatoms. The summed E-state index contributed by atoms with van der Waals surface area (Å²) in [5.74, 6) is 0.206. The summed E-state index contributed by atoms with van der Waals surface area (Å²) in [5.41, 5.74) is -0.368. The molecule has 1 saturated heterocycles. The monoisotopic (exact) mass is 226 g/mol. The van der Waals surface area contributed by atoms with Gasteiger partial charge in [-0.05, 0) is 19.9 Å². The molecule has 0 aromatic heterocycles. The van der Waals surface area contributed by atoms with E-state index >= 15 is 0 Å². The number of Topliss-reactive ketones (excluding diaryl/α,β-unsaturated/α-hetero) is 1. The first-order valence-electron chi connectivity index (χ1n) is 5.86. The maximum atomic E-state index is 12.2. The molecule has 92 valence electrons. The third-order valence-corrected chi connectivity index (χ3v) is 2.94. The van der Waals surface area contributed by atoms with Crippen molar-refractivity contribution in [2.24, 2.45) is 5.41 Å². The highest BCUT2D eigenvalue weighted by Crippen LogP contribution is 2.26. The summed E-state index contributed by atoms with van der Waals surface area (Å²) in [5, 5.41) is 2.84. The Morgan fingerprint density at radius 3 is 2.50 bits per heavy atom. The van der Waals surface area contributed by atoms with Gasteiger partial charge in [-0.15, -0.1) is 0 Å². The van der Waals surface area contributed by atoms with Gasteiger partial charge in [0.15, 0.2) is 5.78 Å². The standard InChI is InChI=1S/C12H22N2O2/c1-12(2,3)11(16)9-6-5-7-14(9)10(15)8-13-4/h9,13H,5-8H2,1-4H3/t9-/m0/s1. The van der Waals surface area contributed by atoms with Crippen LogP contribution < -0.4 is 5.32 Å². The minimum absolute atomic E-state index is 0.0302. The molecule has 1 aliphatic heterocycles. The number of hydrogen-bond acceptors (Lipinski definition) is 3. The van der Waals surface area contributed by atoms with Gasteiger partial charge in [0.2, 0.25) is 5.91 Å². The fraction of sp³-hybridized carbons (Fsp3) is 0.833. The van der Waals surface area contributed by atoms with E-state index in [1.807, 2.05) is 20.8 Å². The van der Waals surface area contributed by atoms with Gasteiger partial charge in [-0.1, -0.05) is 20.8 Å². The van der Waals surface area contributed by atoms with Gasteiger partial charge in [0.25, 0.3) is 0 Å². The molecule has 1 aliphatic rings. The van der Waals surface area contributed by atoms with Crippen LogP contribution in [0.2, 0.25) is 0 Å². The number of amides is 1. The Morgan fingerprint density at radius 1 is 1.38 bits per heavy atom. The summed E-state index contributed by atoms with van der Waals surface area (Å²) in [7, 11) is 1.74. The number of hydrogen-bond donors (Lipinski definition) is 1. The molecular weight excluding hydrogens is 204 g/mol. The molecule has 0 radical (unpaired) electrons. The van der Waals surface area contributed by atoms with E-state index in [1.54, 1.807) is 11.9 Å². The van der Waals surface area contributed by atoms with Gasteiger partial charge < -0.3 is 10.2 Å². The highest BCUT2D eigenvalue weighted by molar-refractivity contribution is 5.93. The Hall–Kier alpha value is -0.900. The lowest BCUT2D eigenvalue weighted by atomic mass is 9.85. The second-order valence-electron chi connectivity index (χ2n) is 5.39. The van der Waals surface area contributed by atoms with Crippen molar-refractivity contribution >= 4 is 11.7 Å². The molecule has 0 aromatic carbocycles. The molecule has 0 aliphatic carbocycles. The van der Waals surface area contributed by atoms with Crippen LogP contribution in [0.25, 0.3) is 0 Å². The lowest BCUT2D eigenvalue weighted by Crippen LogP contribution is -2.47. The molecule has 1 rings (SSSR count). The van der Waals surface area contributed by atoms with E-state index in [9.17, 15) is 9.59 Å². The summed E-state index contributed by atoms with van der Waals surface area (Å²) >= 11 is 0. The predicted molar refractivity (Wildman–Crippen MR) is 63.1 cm³/mol. The van der Waals surface area contributed by atoms with Gasteiger partial charge in [-0.2, -0.15) is 0 Å². The van der Waals surface area contributed by atoms with Crippen molar-refractivity contribution in [2.45, 2.75) is 39.7 Å². The molecular formula is C12H22N2O2. The fourth-order valence-corrected chi connectivity index (χ4v) is 2.09. The van der Waals surface area contributed by atoms with Gasteiger partial charge in [-0.25, -0.2) is 0 Å². The zero-order valence-electron chi connectivity index (χ0n) is 10.7. The Labute approximate surface area is 97.4 Å². The summed E-state index contributed by atoms with van der Waals surface area (Å²) in [6.45, 7) is 6.76. The molecule has 0 aromatic rings. The first-order chi connectivity index (χ1) is 7.38. The average molecular weight is 226 g/mol. The van der Waals surface area contributed by atoms with E-state index < -0.39 is 0 Å². The molecule has 1 atom stereocenters. The zero-order chi connectivity index (χ0) is 12.3. The van der Waals surface area contributed by atoms with Gasteiger partial charge in [-0.3, -0.25) is 9.59 Å². The third-order valence-electron chi connectivity index (χ3n) is 2.94. The number of ketones is 1. The van der Waals surface area contributed by atoms with Crippen molar-refractivity contribution in [1.82, 2.24) is 10.2 Å². The van der Waals surface area contributed by atoms with Crippen LogP contribution in [-0.4, -0.2) is 42.8 Å². The maximum Gasteiger partial charge on any atom is 0.237 e. The fourth-order valence-electron chi connectivity index (χ4n) is 2.09. The van der Waals surface area contributed by atoms with E-state index in [4.69, 9.17) is 0 Å². The van der Waals surface area contributed by atoms with Gasteiger partial charge >= 0.3 is 0 Å². The number of rotatable bonds is 3. The molecule has 4 nitrogen and oxygen atoms in total. The van der Waals surface area contributed by atoms with E-state index in [2.05, 4.69) is 5.32 Å². The summed E-state index contributed by atoms with van der Waals surface area (Å²) in [6.07, 6.45) is 1.74. The van der Waals surface area contributed by atoms with Crippen LogP contribution in [0.5, 0.6) is 0 Å². The number of carbonyl (C=O) groups excluding carboxylic acids is 2. The van der Waals surface area contributed by atoms with Crippen LogP contribution in [0, 0.1) is 5.41 Å². The van der Waals surface area contributed by atoms with Crippen molar-refractivity contribution < 1.29 is 9.59 Å². The summed E-state index contributed by atoms with van der Waals surface area (Å²) in [4.78, 5) is 25.7. The minimum atomic E-state index is -0.368. The first kappa shape index (κ1) is 13.2. The molecule has 0 spiro atoms. The van der Waals surface area contributed by atoms with Crippen LogP contribution in [0.15, 0.2) is 0 Å². The molecule has 1 N–H and O–H groups in total. The van der Waals surface area contributed by atoms with Crippen molar-refractivity contribution in [3.05, 3.63) is 0 Å². The normalized spacial score (nSPS) is 21.2. The SMILES string of the molecule is CNCC(=O)N1CCC[C@H]1C(=O)C(C)(C)C. The van der Waals surface area contributed by atoms with E-state index in [-0.39, 0.29) is 23.1 Å². The average Bonchev–Trinajstić information content (AvgIpc) is 2.63. The van der Waals surface area contributed by atoms with Crippen LogP contribution in [0.1, 0.15) is 33.6 Å². The third kappa shape index (κ3) is 2.82. The Kier molecular flexibility index (Phi) is 4.08. The van der Waals surface area contributed by atoms with Gasteiger partial charge in [0.05, 0.1) is 12.6 Å². The maximum absolute atomic E-state index is 12.2. The number of nitrogens with one attached hydrogen (secondary N) is 1. The smallest absolute Gasteiger partial charge is 0.237 e. The first-order valence-corrected chi connectivity index (χ1v) is 5.86. The van der Waals surface area contributed by atoms with Crippen molar-refractivity contribution in [1.29, 1.82) is 0 Å². The number of likely N-dealkylation sites (N-methyl/N-ethyl adjacent to an activating group) is 1. The Balaban J connectivity index is 2.73. The second-order valence-corrected chi connectivity index (χ2v) is 5.39. The van der Waals surface area contributed by atoms with Crippen molar-refractivity contribution in [3.63, 3.8) is 0 Å². The number of nitrogens with zero attached hydrogens (tertiary/aromatic N) is 1. The number of likely N-dealkylation sites (tertiary alicyclic amines) is 1. The predicted octanol–water partition coefficient (Wildman–Crippen LogP) is 0.812. The van der Waals surface area contributed by atoms with Crippen LogP contribution in [0.3, 0.4) is 0 Å². The lowest BCUT2D eigenvalue weighted by Gasteiger charge is -2.29. The van der Waals surface area contributed by atoms with Crippen molar-refractivity contribution in [2.75, 3.05) is 20.1 Å². The van der Waals surface area contributed by atoms with E-state index in [0.717, 1.165) is 12.8 Å². The molecule has 16 heavy (non-hydrogen) atoms. The highest BCUT2D eigenvalue weighted by atomic mass is 16.2. The molecule has 1 fully saturated rings. The van der Waals surface area contributed by atoms with Crippen LogP contribution in [-0.2, 0) is 9.59 Å². The largest absolute Gasteiger partial charge is 0.332 e. The van der Waals surface area contributed by atoms with Crippen molar-refractivity contribution in [3.8, 4) is 0 Å². The quantitative estimate of drug-likeness (QED) is 0.775. The Morgan fingerprint density at radius 2 is 2.00 bits per heavy atom. The Bertz CT molecular complexity index is 281. The van der Waals surface area contributed by atoms with E-state index in [1.165, 1.54) is 0 Å². The molecule has 0 bridgehead atoms. The van der Waals surface area contributed by atoms with Gasteiger partial charge in [0, 0.05) is 12.0 Å². The van der Waals surface area contributed by atoms with Crippen LogP contribution in [0.4, 0.5) is 0 Å². The number of carbonyl (C=O) groups is 2. The lowest BCUT2D eigenvalue weighted by molar-refractivity contribution is -0.140. The molecule has 0 saturated carbocycles. The summed E-state index contributed by atoms with van der Waals surface area (Å²) in [6, 6.07) is -0.208. The summed E-state index contributed by atoms with van der Waals surface area (Å²) < 4.78 is 0. The van der Waals surface area contributed by atoms with E-state index in [0.29, 0.717) is 13.1 Å². The van der Waals surface area contributed by atoms with Gasteiger partial charge in [0.1, 0.15) is 0 Å². The zero-order valence-corrected chi connectivity index (χ0v) is 10.7. The molecule has 0 unspecified atom stereocenters. The molecule has 1 amide bonds. The second kappa shape index (κ2) is 4.95. The highest BCUT2D eigenvalue weighted by Gasteiger charge is 2.38. The minimum Gasteiger partial charge on any atom is -0.332 e.